The van der Waals surface area contributed by atoms with E-state index in [1.807, 2.05) is 12.1 Å². The van der Waals surface area contributed by atoms with Gasteiger partial charge in [-0.05, 0) is 28.1 Å². The number of nitrogens with one attached hydrogen (secondary N) is 1. The molecule has 17 heavy (non-hydrogen) atoms. The van der Waals surface area contributed by atoms with E-state index in [4.69, 9.17) is 9.57 Å². The summed E-state index contributed by atoms with van der Waals surface area (Å²) in [6.07, 6.45) is 1.09. The van der Waals surface area contributed by atoms with Gasteiger partial charge >= 0.3 is 0 Å². The summed E-state index contributed by atoms with van der Waals surface area (Å²) in [5.41, 5.74) is 1.95. The van der Waals surface area contributed by atoms with E-state index in [1.54, 1.807) is 0 Å². The van der Waals surface area contributed by atoms with Crippen LogP contribution in [0.3, 0.4) is 0 Å². The first-order chi connectivity index (χ1) is 8.33. The van der Waals surface area contributed by atoms with Gasteiger partial charge in [-0.2, -0.15) is 0 Å². The van der Waals surface area contributed by atoms with E-state index in [1.165, 1.54) is 0 Å². The number of halogens is 1. The maximum Gasteiger partial charge on any atom is 0.145 e. The Labute approximate surface area is 107 Å². The molecule has 0 amide bonds. The predicted octanol–water partition coefficient (Wildman–Crippen LogP) is 1.78. The normalized spacial score (nSPS) is 24.1. The highest BCUT2D eigenvalue weighted by Crippen LogP contribution is 2.22. The third-order valence-electron chi connectivity index (χ3n) is 2.66. The maximum atomic E-state index is 5.28. The monoisotopic (exact) mass is 297 g/mol. The minimum Gasteiger partial charge on any atom is -0.393 e. The van der Waals surface area contributed by atoms with Gasteiger partial charge in [0.05, 0.1) is 12.3 Å². The first-order valence-electron chi connectivity index (χ1n) is 5.54. The van der Waals surface area contributed by atoms with Crippen molar-refractivity contribution in [3.05, 3.63) is 22.3 Å². The van der Waals surface area contributed by atoms with Crippen molar-refractivity contribution in [1.29, 1.82) is 0 Å². The van der Waals surface area contributed by atoms with Crippen LogP contribution in [0.25, 0.3) is 0 Å². The number of hydrogen-bond acceptors (Lipinski definition) is 5. The number of pyridine rings is 1. The second-order valence-electron chi connectivity index (χ2n) is 4.00. The minimum atomic E-state index is 0.239. The van der Waals surface area contributed by atoms with Crippen molar-refractivity contribution in [2.75, 3.05) is 25.1 Å². The van der Waals surface area contributed by atoms with E-state index in [2.05, 4.69) is 31.4 Å². The zero-order chi connectivity index (χ0) is 11.7. The average molecular weight is 298 g/mol. The van der Waals surface area contributed by atoms with Crippen LogP contribution in [0.15, 0.2) is 21.9 Å². The Balaban J connectivity index is 1.77. The van der Waals surface area contributed by atoms with E-state index in [-0.39, 0.29) is 6.10 Å². The number of aromatic nitrogens is 1. The Morgan fingerprint density at radius 1 is 1.59 bits per heavy atom. The van der Waals surface area contributed by atoms with E-state index in [0.29, 0.717) is 6.61 Å². The Kier molecular flexibility index (Phi) is 2.98. The molecule has 2 aliphatic rings. The molecule has 3 rings (SSSR count). The molecule has 0 unspecified atom stereocenters. The van der Waals surface area contributed by atoms with Gasteiger partial charge in [-0.1, -0.05) is 5.16 Å². The van der Waals surface area contributed by atoms with Crippen LogP contribution >= 0.6 is 15.9 Å². The lowest BCUT2D eigenvalue weighted by atomic mass is 10.1. The highest BCUT2D eigenvalue weighted by atomic mass is 79.9. The Bertz CT molecular complexity index is 460. The van der Waals surface area contributed by atoms with Crippen LogP contribution in [-0.4, -0.2) is 36.6 Å². The minimum absolute atomic E-state index is 0.239. The molecule has 1 fully saturated rings. The van der Waals surface area contributed by atoms with Crippen molar-refractivity contribution >= 4 is 27.5 Å². The number of nitrogens with zero attached hydrogens (tertiary/aromatic N) is 2. The van der Waals surface area contributed by atoms with E-state index >= 15 is 0 Å². The molecule has 1 saturated heterocycles. The molecule has 1 aromatic heterocycles. The second kappa shape index (κ2) is 4.62. The standard InChI is InChI=1S/C11H12BrN3O2/c12-10-2-1-8-9(3-4-13-11(8)14-10)15-17-6-7-5-16-7/h1-2,7H,3-6H2,(H,13,14)/b15-9+/t7-/m0/s1. The lowest BCUT2D eigenvalue weighted by Crippen LogP contribution is -2.20. The van der Waals surface area contributed by atoms with Gasteiger partial charge in [-0.3, -0.25) is 0 Å². The van der Waals surface area contributed by atoms with E-state index in [0.717, 1.165) is 41.3 Å². The van der Waals surface area contributed by atoms with Crippen molar-refractivity contribution in [2.45, 2.75) is 12.5 Å². The third-order valence-corrected chi connectivity index (χ3v) is 3.11. The number of rotatable bonds is 3. The summed E-state index contributed by atoms with van der Waals surface area (Å²) in [6, 6.07) is 3.90. The number of anilines is 1. The summed E-state index contributed by atoms with van der Waals surface area (Å²) in [6.45, 7) is 2.16. The van der Waals surface area contributed by atoms with Gasteiger partial charge in [-0.15, -0.1) is 0 Å². The van der Waals surface area contributed by atoms with Crippen molar-refractivity contribution in [2.24, 2.45) is 5.16 Å². The molecule has 5 nitrogen and oxygen atoms in total. The molecule has 0 saturated carbocycles. The van der Waals surface area contributed by atoms with Crippen molar-refractivity contribution in [3.63, 3.8) is 0 Å². The van der Waals surface area contributed by atoms with Gasteiger partial charge < -0.3 is 14.9 Å². The fourth-order valence-corrected chi connectivity index (χ4v) is 2.00. The first-order valence-corrected chi connectivity index (χ1v) is 6.33. The van der Waals surface area contributed by atoms with Gasteiger partial charge in [0, 0.05) is 18.5 Å². The van der Waals surface area contributed by atoms with Gasteiger partial charge in [-0.25, -0.2) is 4.98 Å². The van der Waals surface area contributed by atoms with Crippen LogP contribution in [0.1, 0.15) is 12.0 Å². The third kappa shape index (κ3) is 2.58. The van der Waals surface area contributed by atoms with Crippen LogP contribution in [-0.2, 0) is 9.57 Å². The predicted molar refractivity (Wildman–Crippen MR) is 67.3 cm³/mol. The quantitative estimate of drug-likeness (QED) is 0.525. The molecule has 2 aliphatic heterocycles. The fraction of sp³-hybridized carbons (Fsp3) is 0.455. The molecule has 0 spiro atoms. The lowest BCUT2D eigenvalue weighted by Gasteiger charge is -2.18. The number of hydrogen-bond donors (Lipinski definition) is 1. The number of oxime groups is 1. The van der Waals surface area contributed by atoms with Crippen molar-refractivity contribution in [3.8, 4) is 0 Å². The maximum absolute atomic E-state index is 5.28. The van der Waals surface area contributed by atoms with Crippen LogP contribution < -0.4 is 5.32 Å². The zero-order valence-electron chi connectivity index (χ0n) is 9.15. The Hall–Kier alpha value is -1.14. The average Bonchev–Trinajstić information content (AvgIpc) is 3.13. The van der Waals surface area contributed by atoms with Gasteiger partial charge in [0.1, 0.15) is 23.1 Å². The number of fused-ring (bicyclic) bond motifs is 1. The molecule has 90 valence electrons. The second-order valence-corrected chi connectivity index (χ2v) is 4.81. The highest BCUT2D eigenvalue weighted by Gasteiger charge is 2.23. The molecule has 0 radical (unpaired) electrons. The first kappa shape index (κ1) is 11.0. The molecule has 3 heterocycles. The summed E-state index contributed by atoms with van der Waals surface area (Å²) in [5, 5.41) is 7.42. The molecule has 6 heteroatoms. The Morgan fingerprint density at radius 2 is 2.47 bits per heavy atom. The van der Waals surface area contributed by atoms with Crippen LogP contribution in [0, 0.1) is 0 Å². The fourth-order valence-electron chi connectivity index (χ4n) is 1.69. The van der Waals surface area contributed by atoms with Crippen LogP contribution in [0.2, 0.25) is 0 Å². The van der Waals surface area contributed by atoms with Crippen LogP contribution in [0.5, 0.6) is 0 Å². The molecule has 0 aromatic carbocycles. The largest absolute Gasteiger partial charge is 0.393 e. The number of epoxide rings is 1. The molecule has 1 N–H and O–H groups in total. The summed E-state index contributed by atoms with van der Waals surface area (Å²) in [4.78, 5) is 9.64. The van der Waals surface area contributed by atoms with Crippen molar-refractivity contribution < 1.29 is 9.57 Å². The highest BCUT2D eigenvalue weighted by molar-refractivity contribution is 9.10. The summed E-state index contributed by atoms with van der Waals surface area (Å²) < 4.78 is 5.87. The van der Waals surface area contributed by atoms with Gasteiger partial charge in [0.25, 0.3) is 0 Å². The lowest BCUT2D eigenvalue weighted by molar-refractivity contribution is 0.124. The molecule has 0 bridgehead atoms. The SMILES string of the molecule is Brc1ccc2c(n1)NCC/C2=N\OC[C@@H]1CO1. The smallest absolute Gasteiger partial charge is 0.145 e. The zero-order valence-corrected chi connectivity index (χ0v) is 10.7. The Morgan fingerprint density at radius 3 is 3.29 bits per heavy atom. The van der Waals surface area contributed by atoms with E-state index < -0.39 is 0 Å². The molecular weight excluding hydrogens is 286 g/mol. The number of ether oxygens (including phenoxy) is 1. The summed E-state index contributed by atoms with van der Waals surface area (Å²) in [5.74, 6) is 0.857. The topological polar surface area (TPSA) is 59.0 Å². The van der Waals surface area contributed by atoms with E-state index in [9.17, 15) is 0 Å². The van der Waals surface area contributed by atoms with Crippen molar-refractivity contribution in [1.82, 2.24) is 4.98 Å². The van der Waals surface area contributed by atoms with Gasteiger partial charge in [0.2, 0.25) is 0 Å². The van der Waals surface area contributed by atoms with Crippen LogP contribution in [0.4, 0.5) is 5.82 Å². The molecule has 0 aliphatic carbocycles. The van der Waals surface area contributed by atoms with Gasteiger partial charge in [0.15, 0.2) is 0 Å². The molecule has 1 aromatic rings. The summed E-state index contributed by atoms with van der Waals surface area (Å²) in [7, 11) is 0. The summed E-state index contributed by atoms with van der Waals surface area (Å²) >= 11 is 3.35. The molecular formula is C11H12BrN3O2. The molecule has 1 atom stereocenters.